The predicted octanol–water partition coefficient (Wildman–Crippen LogP) is -0.439. The summed E-state index contributed by atoms with van der Waals surface area (Å²) in [6.07, 6.45) is 0. The Morgan fingerprint density at radius 2 is 1.80 bits per heavy atom. The Kier molecular flexibility index (Phi) is 6.23. The van der Waals surface area contributed by atoms with Crippen molar-refractivity contribution in [3.8, 4) is 0 Å². The maximum atomic E-state index is 6.28. The van der Waals surface area contributed by atoms with Crippen LogP contribution in [0, 0.1) is 5.41 Å². The summed E-state index contributed by atoms with van der Waals surface area (Å²) < 4.78 is 0. The van der Waals surface area contributed by atoms with Gasteiger partial charge in [-0.3, -0.25) is 5.41 Å². The Morgan fingerprint density at radius 1 is 1.80 bits per heavy atom. The van der Waals surface area contributed by atoms with Crippen LogP contribution in [0.1, 0.15) is 6.92 Å². The van der Waals surface area contributed by atoms with E-state index in [-0.39, 0.29) is 14.2 Å². The van der Waals surface area contributed by atoms with Crippen LogP contribution in [0.15, 0.2) is 0 Å². The Labute approximate surface area is 33.5 Å². The van der Waals surface area contributed by atoms with Gasteiger partial charge in [-0.15, -0.1) is 0 Å². The van der Waals surface area contributed by atoms with Gasteiger partial charge in [-0.1, -0.05) is 0 Å². The summed E-state index contributed by atoms with van der Waals surface area (Å²) in [4.78, 5) is 0. The highest BCUT2D eigenvalue weighted by atomic mass is 14.7. The molecule has 0 heterocycles. The molecule has 0 aromatic carbocycles. The maximum Gasteiger partial charge on any atom is 0.0873 e. The third-order valence-corrected chi connectivity index (χ3v) is 0. The predicted molar refractivity (Wildman–Crippen MR) is 23.3 cm³/mol. The summed E-state index contributed by atoms with van der Waals surface area (Å²) in [7, 11) is 0. The van der Waals surface area contributed by atoms with Gasteiger partial charge in [-0.25, -0.2) is 0 Å². The summed E-state index contributed by atoms with van der Waals surface area (Å²) in [5, 5.41) is 6.28. The summed E-state index contributed by atoms with van der Waals surface area (Å²) in [5.74, 6) is 0.167. The lowest BCUT2D eigenvalue weighted by molar-refractivity contribution is 1.42. The topological polar surface area (TPSA) is 49.9 Å². The SMILES string of the molecule is CC(=N)N.[B]. The van der Waals surface area contributed by atoms with Gasteiger partial charge in [0.15, 0.2) is 0 Å². The normalized spacial score (nSPS) is 5.00. The average Bonchev–Trinajstić information content (AvgIpc) is 0.811. The second-order valence-corrected chi connectivity index (χ2v) is 0.683. The lowest BCUT2D eigenvalue weighted by Gasteiger charge is -1.66. The van der Waals surface area contributed by atoms with E-state index in [2.05, 4.69) is 0 Å². The average molecular weight is 68.9 g/mol. The molecule has 0 bridgehead atoms. The summed E-state index contributed by atoms with van der Waals surface area (Å²) in [6, 6.07) is 0. The zero-order valence-corrected chi connectivity index (χ0v) is 3.15. The smallest absolute Gasteiger partial charge is 0.0873 e. The highest BCUT2D eigenvalue weighted by Gasteiger charge is 1.53. The van der Waals surface area contributed by atoms with Gasteiger partial charge in [0.05, 0.1) is 5.84 Å². The Balaban J connectivity index is 0. The summed E-state index contributed by atoms with van der Waals surface area (Å²) in [5.41, 5.74) is 4.69. The lowest BCUT2D eigenvalue weighted by Crippen LogP contribution is -2.00. The molecule has 0 saturated heterocycles. The number of nitrogens with two attached hydrogens (primary N) is 1. The van der Waals surface area contributed by atoms with E-state index in [1.54, 1.807) is 0 Å². The minimum Gasteiger partial charge on any atom is -0.388 e. The van der Waals surface area contributed by atoms with Gasteiger partial charge >= 0.3 is 0 Å². The lowest BCUT2D eigenvalue weighted by atomic mass is 10.8. The fraction of sp³-hybridized carbons (Fsp3) is 0.500. The van der Waals surface area contributed by atoms with Crippen LogP contribution in [-0.4, -0.2) is 14.2 Å². The van der Waals surface area contributed by atoms with Gasteiger partial charge < -0.3 is 5.73 Å². The van der Waals surface area contributed by atoms with Crippen LogP contribution in [-0.2, 0) is 0 Å². The fourth-order valence-electron chi connectivity index (χ4n) is 0. The minimum absolute atomic E-state index is 0. The third kappa shape index (κ3) is 38.5. The first-order valence-electron chi connectivity index (χ1n) is 1.04. The number of amidine groups is 1. The molecule has 0 aliphatic carbocycles. The van der Waals surface area contributed by atoms with E-state index >= 15 is 0 Å². The van der Waals surface area contributed by atoms with Crippen LogP contribution in [0.4, 0.5) is 0 Å². The van der Waals surface area contributed by atoms with Crippen molar-refractivity contribution in [1.29, 1.82) is 5.41 Å². The highest BCUT2D eigenvalue weighted by molar-refractivity contribution is 5.75. The zero-order chi connectivity index (χ0) is 3.58. The summed E-state index contributed by atoms with van der Waals surface area (Å²) >= 11 is 0. The van der Waals surface area contributed by atoms with Crippen molar-refractivity contribution >= 4 is 14.2 Å². The van der Waals surface area contributed by atoms with Gasteiger partial charge in [-0.2, -0.15) is 0 Å². The van der Waals surface area contributed by atoms with Crippen LogP contribution in [0.3, 0.4) is 0 Å². The molecule has 0 amide bonds. The third-order valence-electron chi connectivity index (χ3n) is 0. The number of hydrogen-bond acceptors (Lipinski definition) is 1. The second-order valence-electron chi connectivity index (χ2n) is 0.683. The van der Waals surface area contributed by atoms with Crippen LogP contribution in [0.2, 0.25) is 0 Å². The molecular formula is C2H6BN2. The van der Waals surface area contributed by atoms with Crippen molar-refractivity contribution in [1.82, 2.24) is 0 Å². The minimum atomic E-state index is 0. The Hall–Kier alpha value is -0.465. The molecule has 2 nitrogen and oxygen atoms in total. The van der Waals surface area contributed by atoms with Crippen LogP contribution in [0.25, 0.3) is 0 Å². The molecule has 0 unspecified atom stereocenters. The molecule has 0 aromatic heterocycles. The van der Waals surface area contributed by atoms with E-state index in [4.69, 9.17) is 11.1 Å². The van der Waals surface area contributed by atoms with E-state index in [1.165, 1.54) is 6.92 Å². The molecule has 27 valence electrons. The van der Waals surface area contributed by atoms with E-state index in [0.717, 1.165) is 0 Å². The Bertz CT molecular complexity index is 30.6. The zero-order valence-electron chi connectivity index (χ0n) is 3.15. The summed E-state index contributed by atoms with van der Waals surface area (Å²) in [6.45, 7) is 1.53. The van der Waals surface area contributed by atoms with Crippen molar-refractivity contribution in [3.05, 3.63) is 0 Å². The molecule has 0 saturated carbocycles. The van der Waals surface area contributed by atoms with Gasteiger partial charge in [0.2, 0.25) is 0 Å². The van der Waals surface area contributed by atoms with Crippen LogP contribution < -0.4 is 5.73 Å². The monoisotopic (exact) mass is 69.1 g/mol. The van der Waals surface area contributed by atoms with Gasteiger partial charge in [0.25, 0.3) is 0 Å². The molecule has 0 fully saturated rings. The van der Waals surface area contributed by atoms with E-state index < -0.39 is 0 Å². The molecule has 3 N–H and O–H groups in total. The molecular weight excluding hydrogens is 62.8 g/mol. The van der Waals surface area contributed by atoms with E-state index in [9.17, 15) is 0 Å². The van der Waals surface area contributed by atoms with Crippen LogP contribution in [0.5, 0.6) is 0 Å². The van der Waals surface area contributed by atoms with Crippen molar-refractivity contribution in [2.24, 2.45) is 5.73 Å². The fourth-order valence-corrected chi connectivity index (χ4v) is 0. The molecule has 5 heavy (non-hydrogen) atoms. The van der Waals surface area contributed by atoms with Crippen molar-refractivity contribution in [2.75, 3.05) is 0 Å². The molecule has 0 aliphatic rings. The molecule has 0 aliphatic heterocycles. The quantitative estimate of drug-likeness (QED) is 0.226. The van der Waals surface area contributed by atoms with Crippen molar-refractivity contribution in [3.63, 3.8) is 0 Å². The largest absolute Gasteiger partial charge is 0.388 e. The first-order valence-corrected chi connectivity index (χ1v) is 1.04. The molecule has 0 atom stereocenters. The van der Waals surface area contributed by atoms with Crippen LogP contribution >= 0.6 is 0 Å². The van der Waals surface area contributed by atoms with Crippen molar-refractivity contribution < 1.29 is 0 Å². The molecule has 0 aromatic rings. The highest BCUT2D eigenvalue weighted by Crippen LogP contribution is 1.36. The van der Waals surface area contributed by atoms with Gasteiger partial charge in [0, 0.05) is 8.41 Å². The molecule has 0 rings (SSSR count). The van der Waals surface area contributed by atoms with Crippen molar-refractivity contribution in [2.45, 2.75) is 6.92 Å². The van der Waals surface area contributed by atoms with E-state index in [1.807, 2.05) is 0 Å². The maximum absolute atomic E-state index is 6.28. The first-order chi connectivity index (χ1) is 1.73. The standard InChI is InChI=1S/C2H6N2.B/c1-2(3)4;/h1H3,(H3,3,4);. The number of nitrogens with one attached hydrogen (secondary N) is 1. The molecule has 0 spiro atoms. The van der Waals surface area contributed by atoms with Gasteiger partial charge in [-0.05, 0) is 6.92 Å². The Morgan fingerprint density at radius 3 is 1.80 bits per heavy atom. The number of hydrogen-bond donors (Lipinski definition) is 2. The first kappa shape index (κ1) is 8.82. The molecule has 3 heteroatoms. The second kappa shape index (κ2) is 3.53. The molecule has 3 radical (unpaired) electrons. The number of rotatable bonds is 0. The van der Waals surface area contributed by atoms with Gasteiger partial charge in [0.1, 0.15) is 0 Å². The van der Waals surface area contributed by atoms with E-state index in [0.29, 0.717) is 0 Å².